The van der Waals surface area contributed by atoms with E-state index in [9.17, 15) is 23.9 Å². The average Bonchev–Trinajstić information content (AvgIpc) is 2.91. The number of nitrogens with zero attached hydrogens (tertiary/aromatic N) is 3. The van der Waals surface area contributed by atoms with Crippen LogP contribution in [0.15, 0.2) is 47.3 Å². The number of urea groups is 1. The number of benzene rings is 2. The number of amides is 3. The number of imide groups is 1. The quantitative estimate of drug-likeness (QED) is 0.611. The summed E-state index contributed by atoms with van der Waals surface area (Å²) in [5.74, 6) is -1.29. The molecule has 2 N–H and O–H groups in total. The molecule has 0 bridgehead atoms. The number of hydrogen-bond donors (Lipinski definition) is 2. The monoisotopic (exact) mass is 424 g/mol. The van der Waals surface area contributed by atoms with E-state index in [4.69, 9.17) is 0 Å². The minimum Gasteiger partial charge on any atom is -0.395 e. The molecule has 2 heterocycles. The van der Waals surface area contributed by atoms with E-state index in [0.29, 0.717) is 22.0 Å². The van der Waals surface area contributed by atoms with E-state index >= 15 is 0 Å². The van der Waals surface area contributed by atoms with Crippen LogP contribution >= 0.6 is 0 Å². The summed E-state index contributed by atoms with van der Waals surface area (Å²) in [5.41, 5.74) is -0.485. The number of H-pyrrole nitrogens is 1. The fourth-order valence-corrected chi connectivity index (χ4v) is 3.86. The van der Waals surface area contributed by atoms with Gasteiger partial charge in [0, 0.05) is 18.4 Å². The topological polar surface area (TPSA) is 107 Å². The zero-order chi connectivity index (χ0) is 22.3. The molecule has 1 aliphatic heterocycles. The third kappa shape index (κ3) is 3.36. The lowest BCUT2D eigenvalue weighted by atomic mass is 10.0. The molecular weight excluding hydrogens is 403 g/mol. The van der Waals surface area contributed by atoms with Gasteiger partial charge in [0.25, 0.3) is 11.5 Å². The predicted molar refractivity (Wildman–Crippen MR) is 112 cm³/mol. The van der Waals surface area contributed by atoms with Crippen molar-refractivity contribution >= 4 is 28.4 Å². The smallest absolute Gasteiger partial charge is 0.332 e. The summed E-state index contributed by atoms with van der Waals surface area (Å²) in [6.07, 6.45) is 0.255. The Labute approximate surface area is 176 Å². The number of halogens is 1. The molecule has 0 unspecified atom stereocenters. The Bertz CT molecular complexity index is 1250. The van der Waals surface area contributed by atoms with Crippen molar-refractivity contribution in [1.29, 1.82) is 0 Å². The van der Waals surface area contributed by atoms with E-state index in [-0.39, 0.29) is 30.8 Å². The van der Waals surface area contributed by atoms with Gasteiger partial charge in [-0.1, -0.05) is 24.3 Å². The van der Waals surface area contributed by atoms with E-state index < -0.39 is 23.3 Å². The summed E-state index contributed by atoms with van der Waals surface area (Å²) in [5, 5.41) is 17.0. The van der Waals surface area contributed by atoms with Crippen molar-refractivity contribution in [2.24, 2.45) is 0 Å². The van der Waals surface area contributed by atoms with Gasteiger partial charge in [-0.05, 0) is 37.6 Å². The molecule has 1 aromatic heterocycles. The number of carbonyl (C=O) groups excluding carboxylic acids is 2. The highest BCUT2D eigenvalue weighted by Gasteiger charge is 2.52. The lowest BCUT2D eigenvalue weighted by Crippen LogP contribution is -2.45. The molecule has 0 spiro atoms. The largest absolute Gasteiger partial charge is 0.395 e. The number of hydrogen-bond acceptors (Lipinski definition) is 5. The van der Waals surface area contributed by atoms with Gasteiger partial charge in [0.05, 0.1) is 23.4 Å². The van der Waals surface area contributed by atoms with Crippen LogP contribution in [0.5, 0.6) is 0 Å². The molecule has 0 atom stereocenters. The van der Waals surface area contributed by atoms with Gasteiger partial charge in [0.15, 0.2) is 0 Å². The van der Waals surface area contributed by atoms with Crippen LogP contribution < -0.4 is 10.5 Å². The molecule has 0 saturated carbocycles. The predicted octanol–water partition coefficient (Wildman–Crippen LogP) is 2.19. The van der Waals surface area contributed by atoms with Crippen molar-refractivity contribution < 1.29 is 19.1 Å². The number of anilines is 1. The first-order chi connectivity index (χ1) is 14.8. The van der Waals surface area contributed by atoms with Crippen molar-refractivity contribution in [1.82, 2.24) is 15.1 Å². The summed E-state index contributed by atoms with van der Waals surface area (Å²) in [6.45, 7) is 2.76. The Kier molecular flexibility index (Phi) is 5.06. The Morgan fingerprint density at radius 3 is 2.52 bits per heavy atom. The first kappa shape index (κ1) is 20.7. The standard InChI is InChI=1S/C22H21FN4O4/c1-22(2)20(30)27(21(31)26(22)9-10-28)18-12-13(7-8-16(18)23)11-17-14-5-3-4-6-15(14)19(29)25-24-17/h3-8,12,28H,9-11H2,1-2H3,(H,25,29). The Morgan fingerprint density at radius 1 is 1.10 bits per heavy atom. The van der Waals surface area contributed by atoms with Gasteiger partial charge in [-0.3, -0.25) is 9.59 Å². The third-order valence-corrected chi connectivity index (χ3v) is 5.55. The highest BCUT2D eigenvalue weighted by molar-refractivity contribution is 6.23. The van der Waals surface area contributed by atoms with Crippen molar-refractivity contribution in [3.63, 3.8) is 0 Å². The summed E-state index contributed by atoms with van der Waals surface area (Å²) < 4.78 is 14.7. The molecule has 1 aliphatic rings. The fourth-order valence-electron chi connectivity index (χ4n) is 3.86. The highest BCUT2D eigenvalue weighted by Crippen LogP contribution is 2.34. The molecule has 3 amide bonds. The highest BCUT2D eigenvalue weighted by atomic mass is 19.1. The number of rotatable bonds is 5. The molecule has 0 radical (unpaired) electrons. The van der Waals surface area contributed by atoms with Crippen LogP contribution in [-0.2, 0) is 11.2 Å². The maximum Gasteiger partial charge on any atom is 0.332 e. The Hall–Kier alpha value is -3.59. The normalized spacial score (nSPS) is 15.9. The number of aromatic amines is 1. The van der Waals surface area contributed by atoms with Gasteiger partial charge >= 0.3 is 6.03 Å². The first-order valence-corrected chi connectivity index (χ1v) is 9.77. The second kappa shape index (κ2) is 7.59. The number of fused-ring (bicyclic) bond motifs is 1. The Balaban J connectivity index is 1.74. The summed E-state index contributed by atoms with van der Waals surface area (Å²) >= 11 is 0. The van der Waals surface area contributed by atoms with E-state index in [1.165, 1.54) is 17.0 Å². The maximum atomic E-state index is 14.7. The molecule has 8 nitrogen and oxygen atoms in total. The van der Waals surface area contributed by atoms with Crippen LogP contribution in [0.25, 0.3) is 10.8 Å². The lowest BCUT2D eigenvalue weighted by Gasteiger charge is -2.26. The van der Waals surface area contributed by atoms with E-state index in [2.05, 4.69) is 10.2 Å². The van der Waals surface area contributed by atoms with Crippen molar-refractivity contribution in [3.8, 4) is 0 Å². The van der Waals surface area contributed by atoms with Crippen molar-refractivity contribution in [3.05, 3.63) is 69.9 Å². The van der Waals surface area contributed by atoms with Gasteiger partial charge in [-0.25, -0.2) is 19.2 Å². The van der Waals surface area contributed by atoms with Gasteiger partial charge < -0.3 is 10.0 Å². The van der Waals surface area contributed by atoms with E-state index in [1.807, 2.05) is 0 Å². The van der Waals surface area contributed by atoms with Gasteiger partial charge in [-0.15, -0.1) is 0 Å². The van der Waals surface area contributed by atoms with Crippen molar-refractivity contribution in [2.75, 3.05) is 18.1 Å². The van der Waals surface area contributed by atoms with Crippen LogP contribution in [0.3, 0.4) is 0 Å². The fraction of sp³-hybridized carbons (Fsp3) is 0.273. The lowest BCUT2D eigenvalue weighted by molar-refractivity contribution is -0.123. The molecule has 2 aromatic carbocycles. The van der Waals surface area contributed by atoms with Gasteiger partial charge in [0.2, 0.25) is 0 Å². The second-order valence-corrected chi connectivity index (χ2v) is 7.86. The zero-order valence-electron chi connectivity index (χ0n) is 17.1. The number of aromatic nitrogens is 2. The molecule has 31 heavy (non-hydrogen) atoms. The SMILES string of the molecule is CC1(C)C(=O)N(c2cc(Cc3n[nH]c(=O)c4ccccc34)ccc2F)C(=O)N1CCO. The molecule has 3 aromatic rings. The summed E-state index contributed by atoms with van der Waals surface area (Å²) in [7, 11) is 0. The van der Waals surface area contributed by atoms with Crippen LogP contribution in [0, 0.1) is 5.82 Å². The first-order valence-electron chi connectivity index (χ1n) is 9.77. The molecule has 0 aliphatic carbocycles. The number of nitrogens with one attached hydrogen (secondary N) is 1. The van der Waals surface area contributed by atoms with E-state index in [1.54, 1.807) is 44.2 Å². The summed E-state index contributed by atoms with van der Waals surface area (Å²) in [6, 6.07) is 10.5. The third-order valence-electron chi connectivity index (χ3n) is 5.55. The molecule has 1 saturated heterocycles. The van der Waals surface area contributed by atoms with Crippen LogP contribution in [0.1, 0.15) is 25.1 Å². The second-order valence-electron chi connectivity index (χ2n) is 7.86. The molecule has 160 valence electrons. The van der Waals surface area contributed by atoms with Crippen LogP contribution in [0.4, 0.5) is 14.9 Å². The molecule has 4 rings (SSSR count). The van der Waals surface area contributed by atoms with Crippen LogP contribution in [-0.4, -0.2) is 50.8 Å². The Morgan fingerprint density at radius 2 is 1.81 bits per heavy atom. The average molecular weight is 424 g/mol. The zero-order valence-corrected chi connectivity index (χ0v) is 17.1. The van der Waals surface area contributed by atoms with Crippen molar-refractivity contribution in [2.45, 2.75) is 25.8 Å². The van der Waals surface area contributed by atoms with E-state index in [0.717, 1.165) is 4.90 Å². The molecular formula is C22H21FN4O4. The minimum atomic E-state index is -1.21. The molecule has 9 heteroatoms. The number of aliphatic hydroxyl groups excluding tert-OH is 1. The van der Waals surface area contributed by atoms with Gasteiger partial charge in [-0.2, -0.15) is 5.10 Å². The summed E-state index contributed by atoms with van der Waals surface area (Å²) in [4.78, 5) is 39.8. The number of aliphatic hydroxyl groups is 1. The van der Waals surface area contributed by atoms with Gasteiger partial charge in [0.1, 0.15) is 11.4 Å². The van der Waals surface area contributed by atoms with Crippen LogP contribution in [0.2, 0.25) is 0 Å². The number of β-amino-alcohol motifs (C(OH)–C–C–N with tert-alkyl or cyclic N) is 1. The molecule has 1 fully saturated rings. The number of carbonyl (C=O) groups is 2. The minimum absolute atomic E-state index is 0.0390. The maximum absolute atomic E-state index is 14.7.